The molecular weight excluding hydrogens is 304 g/mol. The van der Waals surface area contributed by atoms with E-state index in [0.717, 1.165) is 45.8 Å². The van der Waals surface area contributed by atoms with Gasteiger partial charge in [-0.25, -0.2) is 0 Å². The van der Waals surface area contributed by atoms with Gasteiger partial charge >= 0.3 is 0 Å². The van der Waals surface area contributed by atoms with Gasteiger partial charge in [-0.05, 0) is 51.6 Å². The van der Waals surface area contributed by atoms with Crippen molar-refractivity contribution >= 4 is 0 Å². The molecule has 0 bridgehead atoms. The zero-order valence-corrected chi connectivity index (χ0v) is 15.1. The molecule has 1 spiro atoms. The van der Waals surface area contributed by atoms with Gasteiger partial charge in [-0.3, -0.25) is 4.90 Å². The topological polar surface area (TPSA) is 43.0 Å². The molecule has 3 heterocycles. The maximum absolute atomic E-state index is 5.86. The lowest BCUT2D eigenvalue weighted by molar-refractivity contribution is -0.179. The van der Waals surface area contributed by atoms with E-state index in [1.54, 1.807) is 0 Å². The number of ether oxygens (including phenoxy) is 3. The number of rotatable bonds is 4. The average Bonchev–Trinajstić information content (AvgIpc) is 3.11. The van der Waals surface area contributed by atoms with Crippen molar-refractivity contribution in [2.24, 2.45) is 0 Å². The summed E-state index contributed by atoms with van der Waals surface area (Å²) in [5.41, 5.74) is 0.328. The Morgan fingerprint density at radius 2 is 1.50 bits per heavy atom. The summed E-state index contributed by atoms with van der Waals surface area (Å²) >= 11 is 0. The maximum atomic E-state index is 5.86. The molecule has 5 heteroatoms. The summed E-state index contributed by atoms with van der Waals surface area (Å²) in [5.74, 6) is -0.235. The predicted molar refractivity (Wildman–Crippen MR) is 93.1 cm³/mol. The first kappa shape index (κ1) is 17.2. The third kappa shape index (κ3) is 3.65. The van der Waals surface area contributed by atoms with E-state index in [1.807, 2.05) is 0 Å². The number of piperidine rings is 1. The molecule has 0 amide bonds. The van der Waals surface area contributed by atoms with Gasteiger partial charge in [0.1, 0.15) is 0 Å². The fourth-order valence-corrected chi connectivity index (χ4v) is 5.11. The fourth-order valence-electron chi connectivity index (χ4n) is 5.11. The number of likely N-dealkylation sites (tertiary alicyclic amines) is 1. The van der Waals surface area contributed by atoms with Crippen LogP contribution in [0.4, 0.5) is 0 Å². The zero-order valence-electron chi connectivity index (χ0n) is 15.1. The zero-order chi connectivity index (χ0) is 16.3. The van der Waals surface area contributed by atoms with Gasteiger partial charge in [0.05, 0.1) is 13.2 Å². The van der Waals surface area contributed by atoms with Crippen LogP contribution >= 0.6 is 0 Å². The van der Waals surface area contributed by atoms with Gasteiger partial charge < -0.3 is 19.5 Å². The molecule has 1 N–H and O–H groups in total. The Morgan fingerprint density at radius 3 is 2.17 bits per heavy atom. The first-order valence-corrected chi connectivity index (χ1v) is 10.1. The highest BCUT2D eigenvalue weighted by Crippen LogP contribution is 2.36. The molecule has 3 aliphatic heterocycles. The Hall–Kier alpha value is -0.200. The summed E-state index contributed by atoms with van der Waals surface area (Å²) in [7, 11) is 0. The smallest absolute Gasteiger partial charge is 0.168 e. The van der Waals surface area contributed by atoms with E-state index in [0.29, 0.717) is 11.6 Å². The normalized spacial score (nSPS) is 31.5. The van der Waals surface area contributed by atoms with Crippen LogP contribution in [-0.2, 0) is 14.2 Å². The summed E-state index contributed by atoms with van der Waals surface area (Å²) in [5, 5.41) is 3.93. The third-order valence-electron chi connectivity index (χ3n) is 6.73. The number of hydrogen-bond donors (Lipinski definition) is 1. The lowest BCUT2D eigenvalue weighted by Gasteiger charge is -2.49. The van der Waals surface area contributed by atoms with Gasteiger partial charge in [0.25, 0.3) is 0 Å². The molecule has 138 valence electrons. The van der Waals surface area contributed by atoms with Crippen LogP contribution < -0.4 is 5.32 Å². The standard InChI is InChI=1S/C19H34N2O3/c1-2-10-21(11-3-1)18(8-12-22-13-9-18)16-20-17-4-6-19(7-5-17)23-14-15-24-19/h17,20H,1-16H2. The molecule has 0 aromatic carbocycles. The van der Waals surface area contributed by atoms with Crippen LogP contribution in [-0.4, -0.2) is 68.3 Å². The minimum Gasteiger partial charge on any atom is -0.381 e. The van der Waals surface area contributed by atoms with Gasteiger partial charge in [-0.15, -0.1) is 0 Å². The molecule has 1 aliphatic carbocycles. The largest absolute Gasteiger partial charge is 0.381 e. The molecule has 4 rings (SSSR count). The van der Waals surface area contributed by atoms with E-state index in [-0.39, 0.29) is 5.79 Å². The van der Waals surface area contributed by atoms with Gasteiger partial charge in [-0.2, -0.15) is 0 Å². The monoisotopic (exact) mass is 338 g/mol. The van der Waals surface area contributed by atoms with Crippen molar-refractivity contribution in [1.29, 1.82) is 0 Å². The quantitative estimate of drug-likeness (QED) is 0.852. The molecule has 0 radical (unpaired) electrons. The number of nitrogens with zero attached hydrogens (tertiary/aromatic N) is 1. The second-order valence-electron chi connectivity index (χ2n) is 8.15. The molecule has 1 saturated carbocycles. The Morgan fingerprint density at radius 1 is 0.833 bits per heavy atom. The molecule has 3 saturated heterocycles. The van der Waals surface area contributed by atoms with Crippen LogP contribution in [0.5, 0.6) is 0 Å². The van der Waals surface area contributed by atoms with Crippen LogP contribution in [0.1, 0.15) is 57.8 Å². The van der Waals surface area contributed by atoms with E-state index in [1.165, 1.54) is 58.0 Å². The summed E-state index contributed by atoms with van der Waals surface area (Å²) in [4.78, 5) is 2.78. The summed E-state index contributed by atoms with van der Waals surface area (Å²) in [6.45, 7) is 7.07. The lowest BCUT2D eigenvalue weighted by Crippen LogP contribution is -2.60. The molecule has 0 atom stereocenters. The molecule has 0 unspecified atom stereocenters. The third-order valence-corrected chi connectivity index (χ3v) is 6.73. The Bertz CT molecular complexity index is 389. The van der Waals surface area contributed by atoms with Gasteiger partial charge in [-0.1, -0.05) is 6.42 Å². The van der Waals surface area contributed by atoms with Crippen molar-refractivity contribution < 1.29 is 14.2 Å². The SMILES string of the molecule is C1CCN(C2(CNC3CCC4(CC3)OCCO4)CCOCC2)CC1. The van der Waals surface area contributed by atoms with Gasteiger partial charge in [0, 0.05) is 44.2 Å². The number of hydrogen-bond acceptors (Lipinski definition) is 5. The Labute approximate surface area is 146 Å². The van der Waals surface area contributed by atoms with Crippen LogP contribution in [0.25, 0.3) is 0 Å². The molecule has 0 aromatic rings. The van der Waals surface area contributed by atoms with Gasteiger partial charge in [0.2, 0.25) is 0 Å². The first-order valence-electron chi connectivity index (χ1n) is 10.1. The minimum atomic E-state index is -0.235. The van der Waals surface area contributed by atoms with Crippen LogP contribution in [0.3, 0.4) is 0 Å². The van der Waals surface area contributed by atoms with E-state index < -0.39 is 0 Å². The molecular formula is C19H34N2O3. The summed E-state index contributed by atoms with van der Waals surface area (Å²) in [6.07, 6.45) is 10.9. The van der Waals surface area contributed by atoms with Crippen molar-refractivity contribution in [2.75, 3.05) is 46.1 Å². The first-order chi connectivity index (χ1) is 11.8. The highest BCUT2D eigenvalue weighted by molar-refractivity contribution is 4.97. The Kier molecular flexibility index (Phi) is 5.44. The van der Waals surface area contributed by atoms with E-state index in [2.05, 4.69) is 10.2 Å². The number of nitrogens with one attached hydrogen (secondary N) is 1. The van der Waals surface area contributed by atoms with Crippen LogP contribution in [0.2, 0.25) is 0 Å². The highest BCUT2D eigenvalue weighted by atomic mass is 16.7. The minimum absolute atomic E-state index is 0.235. The van der Waals surface area contributed by atoms with Crippen molar-refractivity contribution in [3.8, 4) is 0 Å². The summed E-state index contributed by atoms with van der Waals surface area (Å²) < 4.78 is 17.4. The van der Waals surface area contributed by atoms with Crippen molar-refractivity contribution in [3.05, 3.63) is 0 Å². The average molecular weight is 338 g/mol. The van der Waals surface area contributed by atoms with Gasteiger partial charge in [0.15, 0.2) is 5.79 Å². The van der Waals surface area contributed by atoms with Crippen molar-refractivity contribution in [3.63, 3.8) is 0 Å². The van der Waals surface area contributed by atoms with Crippen molar-refractivity contribution in [1.82, 2.24) is 10.2 Å². The predicted octanol–water partition coefficient (Wildman–Crippen LogP) is 2.30. The van der Waals surface area contributed by atoms with E-state index >= 15 is 0 Å². The second-order valence-corrected chi connectivity index (χ2v) is 8.15. The molecule has 24 heavy (non-hydrogen) atoms. The summed E-state index contributed by atoms with van der Waals surface area (Å²) in [6, 6.07) is 0.618. The van der Waals surface area contributed by atoms with E-state index in [9.17, 15) is 0 Å². The fraction of sp³-hybridized carbons (Fsp3) is 1.00. The van der Waals surface area contributed by atoms with Crippen LogP contribution in [0.15, 0.2) is 0 Å². The Balaban J connectivity index is 1.32. The van der Waals surface area contributed by atoms with Crippen molar-refractivity contribution in [2.45, 2.75) is 75.2 Å². The van der Waals surface area contributed by atoms with Crippen LogP contribution in [0, 0.1) is 0 Å². The highest BCUT2D eigenvalue weighted by Gasteiger charge is 2.42. The lowest BCUT2D eigenvalue weighted by atomic mass is 9.84. The molecule has 0 aromatic heterocycles. The maximum Gasteiger partial charge on any atom is 0.168 e. The molecule has 5 nitrogen and oxygen atoms in total. The van der Waals surface area contributed by atoms with E-state index in [4.69, 9.17) is 14.2 Å². The molecule has 4 aliphatic rings. The second kappa shape index (κ2) is 7.58. The molecule has 4 fully saturated rings.